The van der Waals surface area contributed by atoms with Gasteiger partial charge in [-0.1, -0.05) is 41.9 Å². The van der Waals surface area contributed by atoms with Gasteiger partial charge in [0.2, 0.25) is 10.0 Å². The van der Waals surface area contributed by atoms with Gasteiger partial charge in [-0.25, -0.2) is 8.42 Å². The van der Waals surface area contributed by atoms with E-state index in [1.165, 1.54) is 0 Å². The van der Waals surface area contributed by atoms with Gasteiger partial charge in [-0.15, -0.1) is 0 Å². The van der Waals surface area contributed by atoms with Crippen molar-refractivity contribution in [3.05, 3.63) is 59.1 Å². The lowest BCUT2D eigenvalue weighted by atomic mass is 10.2. The number of sulfonamides is 1. The van der Waals surface area contributed by atoms with Crippen molar-refractivity contribution in [3.63, 3.8) is 0 Å². The van der Waals surface area contributed by atoms with Crippen molar-refractivity contribution >= 4 is 27.3 Å². The van der Waals surface area contributed by atoms with E-state index in [1.54, 1.807) is 48.5 Å². The summed E-state index contributed by atoms with van der Waals surface area (Å²) in [5.41, 5.74) is 0.974. The molecule has 0 bridgehead atoms. The van der Waals surface area contributed by atoms with E-state index in [0.29, 0.717) is 22.0 Å². The maximum absolute atomic E-state index is 12.3. The molecule has 0 radical (unpaired) electrons. The normalized spacial score (nSPS) is 11.5. The van der Waals surface area contributed by atoms with Gasteiger partial charge in [-0.2, -0.15) is 0 Å². The number of anilines is 1. The van der Waals surface area contributed by atoms with Gasteiger partial charge in [0.1, 0.15) is 5.75 Å². The second-order valence-electron chi connectivity index (χ2n) is 5.12. The van der Waals surface area contributed by atoms with Gasteiger partial charge < -0.3 is 4.74 Å². The lowest BCUT2D eigenvalue weighted by Crippen LogP contribution is -2.17. The number of hydrogen-bond donors (Lipinski definition) is 1. The molecule has 2 aromatic rings. The number of benzene rings is 2. The third-order valence-electron chi connectivity index (χ3n) is 2.82. The number of hydrogen-bond acceptors (Lipinski definition) is 3. The van der Waals surface area contributed by atoms with E-state index in [1.807, 2.05) is 13.8 Å². The van der Waals surface area contributed by atoms with Crippen LogP contribution in [-0.4, -0.2) is 14.5 Å². The summed E-state index contributed by atoms with van der Waals surface area (Å²) in [7, 11) is -3.58. The third kappa shape index (κ3) is 4.64. The Morgan fingerprint density at radius 1 is 1.09 bits per heavy atom. The fourth-order valence-electron chi connectivity index (χ4n) is 1.93. The Morgan fingerprint density at radius 2 is 1.73 bits per heavy atom. The zero-order chi connectivity index (χ0) is 16.2. The molecule has 0 heterocycles. The highest BCUT2D eigenvalue weighted by Crippen LogP contribution is 2.27. The average molecular weight is 340 g/mol. The topological polar surface area (TPSA) is 55.4 Å². The van der Waals surface area contributed by atoms with Crippen molar-refractivity contribution in [2.75, 3.05) is 4.72 Å². The van der Waals surface area contributed by atoms with E-state index in [-0.39, 0.29) is 11.9 Å². The van der Waals surface area contributed by atoms with E-state index in [2.05, 4.69) is 4.72 Å². The van der Waals surface area contributed by atoms with Gasteiger partial charge in [0, 0.05) is 5.02 Å². The number of halogens is 1. The van der Waals surface area contributed by atoms with E-state index >= 15 is 0 Å². The number of nitrogens with one attached hydrogen (secondary N) is 1. The molecule has 0 atom stereocenters. The summed E-state index contributed by atoms with van der Waals surface area (Å²) in [4.78, 5) is 0. The van der Waals surface area contributed by atoms with Crippen LogP contribution in [0.25, 0.3) is 0 Å². The summed E-state index contributed by atoms with van der Waals surface area (Å²) in [6.45, 7) is 3.77. The summed E-state index contributed by atoms with van der Waals surface area (Å²) in [5.74, 6) is 0.308. The van der Waals surface area contributed by atoms with Crippen LogP contribution in [0.1, 0.15) is 19.4 Å². The van der Waals surface area contributed by atoms with Gasteiger partial charge in [-0.3, -0.25) is 4.72 Å². The molecule has 4 nitrogen and oxygen atoms in total. The Morgan fingerprint density at radius 3 is 2.41 bits per heavy atom. The van der Waals surface area contributed by atoms with Crippen LogP contribution in [0.15, 0.2) is 48.5 Å². The molecule has 6 heteroatoms. The highest BCUT2D eigenvalue weighted by molar-refractivity contribution is 7.91. The first-order chi connectivity index (χ1) is 10.4. The van der Waals surface area contributed by atoms with Gasteiger partial charge in [0.15, 0.2) is 0 Å². The van der Waals surface area contributed by atoms with E-state index in [4.69, 9.17) is 16.3 Å². The Labute approximate surface area is 136 Å². The van der Waals surface area contributed by atoms with E-state index in [9.17, 15) is 8.42 Å². The molecule has 22 heavy (non-hydrogen) atoms. The van der Waals surface area contributed by atoms with Crippen molar-refractivity contribution in [1.82, 2.24) is 0 Å². The zero-order valence-corrected chi connectivity index (χ0v) is 14.0. The van der Waals surface area contributed by atoms with E-state index < -0.39 is 10.0 Å². The second-order valence-corrected chi connectivity index (χ2v) is 7.24. The fraction of sp³-hybridized carbons (Fsp3) is 0.250. The largest absolute Gasteiger partial charge is 0.489 e. The summed E-state index contributed by atoms with van der Waals surface area (Å²) in [5, 5.41) is 0.430. The van der Waals surface area contributed by atoms with Crippen molar-refractivity contribution in [3.8, 4) is 5.75 Å². The Bertz CT molecular complexity index is 745. The number of rotatable bonds is 6. The van der Waals surface area contributed by atoms with Crippen LogP contribution in [-0.2, 0) is 15.8 Å². The molecular formula is C16H18ClNO3S. The molecule has 0 amide bonds. The minimum Gasteiger partial charge on any atom is -0.489 e. The molecule has 0 saturated carbocycles. The monoisotopic (exact) mass is 339 g/mol. The van der Waals surface area contributed by atoms with Crippen molar-refractivity contribution in [2.24, 2.45) is 0 Å². The minimum absolute atomic E-state index is 0.0470. The van der Waals surface area contributed by atoms with Crippen LogP contribution in [0, 0.1) is 0 Å². The molecule has 0 aliphatic rings. The fourth-order valence-corrected chi connectivity index (χ4v) is 3.45. The SMILES string of the molecule is CC(C)Oc1ccccc1NS(=O)(=O)Cc1ccccc1Cl. The highest BCUT2D eigenvalue weighted by atomic mass is 35.5. The number of para-hydroxylation sites is 2. The molecule has 0 aliphatic heterocycles. The van der Waals surface area contributed by atoms with Crippen LogP contribution in [0.3, 0.4) is 0 Å². The van der Waals surface area contributed by atoms with Crippen LogP contribution in [0.2, 0.25) is 5.02 Å². The first kappa shape index (κ1) is 16.6. The van der Waals surface area contributed by atoms with Gasteiger partial charge in [0.05, 0.1) is 17.5 Å². The first-order valence-electron chi connectivity index (χ1n) is 6.87. The van der Waals surface area contributed by atoms with Crippen LogP contribution >= 0.6 is 11.6 Å². The van der Waals surface area contributed by atoms with Gasteiger partial charge >= 0.3 is 0 Å². The molecule has 118 valence electrons. The smallest absolute Gasteiger partial charge is 0.237 e. The second kappa shape index (κ2) is 7.03. The molecular weight excluding hydrogens is 322 g/mol. The summed E-state index contributed by atoms with van der Waals surface area (Å²) in [6, 6.07) is 13.8. The van der Waals surface area contributed by atoms with Crippen LogP contribution in [0.5, 0.6) is 5.75 Å². The van der Waals surface area contributed by atoms with Crippen LogP contribution in [0.4, 0.5) is 5.69 Å². The average Bonchev–Trinajstić information content (AvgIpc) is 2.42. The molecule has 0 spiro atoms. The molecule has 2 aromatic carbocycles. The minimum atomic E-state index is -3.58. The molecule has 0 aliphatic carbocycles. The maximum Gasteiger partial charge on any atom is 0.237 e. The van der Waals surface area contributed by atoms with Gasteiger partial charge in [0.25, 0.3) is 0 Å². The molecule has 0 aromatic heterocycles. The standard InChI is InChI=1S/C16H18ClNO3S/c1-12(2)21-16-10-6-5-9-15(16)18-22(19,20)11-13-7-3-4-8-14(13)17/h3-10,12,18H,11H2,1-2H3. The first-order valence-corrected chi connectivity index (χ1v) is 8.90. The predicted octanol–water partition coefficient (Wildman–Crippen LogP) is 4.07. The molecule has 0 fully saturated rings. The predicted molar refractivity (Wildman–Crippen MR) is 89.9 cm³/mol. The van der Waals surface area contributed by atoms with Crippen LogP contribution < -0.4 is 9.46 Å². The van der Waals surface area contributed by atoms with E-state index in [0.717, 1.165) is 0 Å². The number of ether oxygens (including phenoxy) is 1. The maximum atomic E-state index is 12.3. The summed E-state index contributed by atoms with van der Waals surface area (Å²) in [6.07, 6.45) is -0.0470. The van der Waals surface area contributed by atoms with Crippen molar-refractivity contribution < 1.29 is 13.2 Å². The Balaban J connectivity index is 2.21. The zero-order valence-electron chi connectivity index (χ0n) is 12.4. The third-order valence-corrected chi connectivity index (χ3v) is 4.41. The van der Waals surface area contributed by atoms with Crippen molar-refractivity contribution in [1.29, 1.82) is 0 Å². The summed E-state index contributed by atoms with van der Waals surface area (Å²) >= 11 is 6.02. The highest BCUT2D eigenvalue weighted by Gasteiger charge is 2.16. The quantitative estimate of drug-likeness (QED) is 0.863. The molecule has 1 N–H and O–H groups in total. The lowest BCUT2D eigenvalue weighted by Gasteiger charge is -2.15. The van der Waals surface area contributed by atoms with Crippen molar-refractivity contribution in [2.45, 2.75) is 25.7 Å². The Hall–Kier alpha value is -1.72. The molecule has 2 rings (SSSR count). The molecule has 0 unspecified atom stereocenters. The molecule has 0 saturated heterocycles. The lowest BCUT2D eigenvalue weighted by molar-refractivity contribution is 0.244. The Kier molecular flexibility index (Phi) is 5.32. The summed E-state index contributed by atoms with van der Waals surface area (Å²) < 4.78 is 32.8. The van der Waals surface area contributed by atoms with Gasteiger partial charge in [-0.05, 0) is 37.6 Å².